The average molecular weight is 522 g/mol. The highest BCUT2D eigenvalue weighted by Gasteiger charge is 2.25. The average Bonchev–Trinajstić information content (AvgIpc) is 3.25. The van der Waals surface area contributed by atoms with Gasteiger partial charge in [-0.15, -0.1) is 0 Å². The Kier molecular flexibility index (Phi) is 9.34. The molecule has 1 atom stereocenters. The van der Waals surface area contributed by atoms with Crippen molar-refractivity contribution < 1.29 is 24.4 Å². The lowest BCUT2D eigenvalue weighted by molar-refractivity contribution is -0.129. The summed E-state index contributed by atoms with van der Waals surface area (Å²) in [5, 5.41) is 18.8. The highest BCUT2D eigenvalue weighted by molar-refractivity contribution is 6.15. The maximum atomic E-state index is 13.7. The number of amides is 3. The number of carbonyl (C=O) groups is 3. The molecule has 0 bridgehead atoms. The minimum Gasteiger partial charge on any atom is -0.417 e. The minimum atomic E-state index is -0.422. The first kappa shape index (κ1) is 27.2. The molecule has 10 nitrogen and oxygen atoms in total. The fraction of sp³-hybridized carbons (Fsp3) is 0.393. The van der Waals surface area contributed by atoms with E-state index in [1.54, 1.807) is 29.5 Å². The molecule has 202 valence electrons. The van der Waals surface area contributed by atoms with Crippen LogP contribution < -0.4 is 26.3 Å². The molecule has 5 N–H and O–H groups in total. The fourth-order valence-corrected chi connectivity index (χ4v) is 4.95. The zero-order valence-electron chi connectivity index (χ0n) is 21.6. The molecule has 1 aliphatic rings. The highest BCUT2D eigenvalue weighted by Crippen LogP contribution is 2.29. The number of fused-ring (bicyclic) bond motifs is 4. The van der Waals surface area contributed by atoms with Crippen LogP contribution in [0.25, 0.3) is 10.9 Å². The van der Waals surface area contributed by atoms with E-state index < -0.39 is 11.9 Å². The SMILES string of the molecule is COn1c2c(c3ccccc31)C(=O)Nc1ccccc1NC(=O)[C@@H](CCCCCC(=O)NO)NCCCC2. The number of nitrogens with zero attached hydrogens (tertiary/aromatic N) is 1. The molecule has 0 radical (unpaired) electrons. The number of aromatic nitrogens is 1. The van der Waals surface area contributed by atoms with E-state index in [0.29, 0.717) is 42.7 Å². The van der Waals surface area contributed by atoms with Gasteiger partial charge in [-0.1, -0.05) is 43.2 Å². The summed E-state index contributed by atoms with van der Waals surface area (Å²) in [6.07, 6.45) is 5.23. The van der Waals surface area contributed by atoms with Crippen LogP contribution >= 0.6 is 0 Å². The third-order valence-corrected chi connectivity index (χ3v) is 6.84. The monoisotopic (exact) mass is 521 g/mol. The summed E-state index contributed by atoms with van der Waals surface area (Å²) in [6.45, 7) is 0.640. The second kappa shape index (κ2) is 13.1. The topological polar surface area (TPSA) is 134 Å². The van der Waals surface area contributed by atoms with Gasteiger partial charge in [0.1, 0.15) is 7.11 Å². The van der Waals surface area contributed by atoms with Crippen LogP contribution in [0.3, 0.4) is 0 Å². The molecule has 1 aromatic heterocycles. The predicted octanol–water partition coefficient (Wildman–Crippen LogP) is 3.64. The summed E-state index contributed by atoms with van der Waals surface area (Å²) in [5.41, 5.74) is 4.88. The van der Waals surface area contributed by atoms with Crippen LogP contribution in [0.2, 0.25) is 0 Å². The van der Waals surface area contributed by atoms with Crippen molar-refractivity contribution in [2.45, 2.75) is 57.4 Å². The van der Waals surface area contributed by atoms with E-state index >= 15 is 0 Å². The van der Waals surface area contributed by atoms with Crippen molar-refractivity contribution in [3.05, 3.63) is 59.8 Å². The lowest BCUT2D eigenvalue weighted by Gasteiger charge is -2.21. The van der Waals surface area contributed by atoms with E-state index in [9.17, 15) is 14.4 Å². The number of hydrogen-bond donors (Lipinski definition) is 5. The third kappa shape index (κ3) is 6.32. The van der Waals surface area contributed by atoms with Crippen molar-refractivity contribution in [2.24, 2.45) is 0 Å². The molecular weight excluding hydrogens is 486 g/mol. The quantitative estimate of drug-likeness (QED) is 0.183. The zero-order valence-corrected chi connectivity index (χ0v) is 21.6. The molecule has 0 spiro atoms. The van der Waals surface area contributed by atoms with Crippen LogP contribution in [-0.2, 0) is 16.0 Å². The predicted molar refractivity (Wildman–Crippen MR) is 145 cm³/mol. The van der Waals surface area contributed by atoms with Crippen LogP contribution in [0, 0.1) is 0 Å². The van der Waals surface area contributed by atoms with E-state index in [1.807, 2.05) is 36.4 Å². The van der Waals surface area contributed by atoms with Gasteiger partial charge in [-0.2, -0.15) is 4.73 Å². The first-order valence-electron chi connectivity index (χ1n) is 13.1. The summed E-state index contributed by atoms with van der Waals surface area (Å²) in [6, 6.07) is 14.4. The highest BCUT2D eigenvalue weighted by atomic mass is 16.6. The fourth-order valence-electron chi connectivity index (χ4n) is 4.95. The minimum absolute atomic E-state index is 0.173. The molecule has 2 aromatic carbocycles. The normalized spacial score (nSPS) is 16.5. The van der Waals surface area contributed by atoms with Gasteiger partial charge >= 0.3 is 0 Å². The number of hydrogen-bond acceptors (Lipinski definition) is 6. The standard InChI is InChI=1S/C28H35N5O5/c1-38-33-23-15-8-5-11-19(23)26-24(33)16-9-10-18-29-22(14-3-2-4-17-25(34)32-37)27(35)30-20-12-6-7-13-21(20)31-28(26)36/h5-8,11-13,15,22,29,37H,2-4,9-10,14,16-18H2,1H3,(H,30,35)(H,31,36)(H,32,34)/t22-/m1/s1. The number of carbonyl (C=O) groups excluding carboxylic acids is 3. The number of rotatable bonds is 7. The molecule has 0 saturated heterocycles. The molecule has 0 fully saturated rings. The molecule has 10 heteroatoms. The smallest absolute Gasteiger partial charge is 0.258 e. The van der Waals surface area contributed by atoms with Crippen LogP contribution in [0.4, 0.5) is 11.4 Å². The van der Waals surface area contributed by atoms with Crippen molar-refractivity contribution in [1.29, 1.82) is 0 Å². The second-order valence-electron chi connectivity index (χ2n) is 9.40. The van der Waals surface area contributed by atoms with E-state index in [2.05, 4.69) is 16.0 Å². The van der Waals surface area contributed by atoms with Gasteiger partial charge in [0.2, 0.25) is 11.8 Å². The van der Waals surface area contributed by atoms with Gasteiger partial charge in [0, 0.05) is 11.8 Å². The Bertz CT molecular complexity index is 1290. The molecule has 0 saturated carbocycles. The number of hydroxylamine groups is 1. The Morgan fingerprint density at radius 3 is 2.53 bits per heavy atom. The lowest BCUT2D eigenvalue weighted by atomic mass is 10.0. The first-order chi connectivity index (χ1) is 18.5. The van der Waals surface area contributed by atoms with Gasteiger partial charge in [0.25, 0.3) is 5.91 Å². The van der Waals surface area contributed by atoms with Crippen LogP contribution in [0.15, 0.2) is 48.5 Å². The Balaban J connectivity index is 1.58. The van der Waals surface area contributed by atoms with Crippen molar-refractivity contribution >= 4 is 40.0 Å². The molecule has 4 rings (SSSR count). The summed E-state index contributed by atoms with van der Waals surface area (Å²) in [7, 11) is 1.60. The van der Waals surface area contributed by atoms with Gasteiger partial charge < -0.3 is 20.8 Å². The van der Waals surface area contributed by atoms with E-state index in [1.165, 1.54) is 0 Å². The molecule has 38 heavy (non-hydrogen) atoms. The molecule has 3 aromatic rings. The Labute approximate surface area is 221 Å². The largest absolute Gasteiger partial charge is 0.417 e. The Hall–Kier alpha value is -3.89. The second-order valence-corrected chi connectivity index (χ2v) is 9.40. The van der Waals surface area contributed by atoms with Gasteiger partial charge in [-0.25, -0.2) is 5.48 Å². The Morgan fingerprint density at radius 2 is 1.76 bits per heavy atom. The summed E-state index contributed by atoms with van der Waals surface area (Å²) < 4.78 is 1.73. The van der Waals surface area contributed by atoms with Gasteiger partial charge in [-0.05, 0) is 56.8 Å². The van der Waals surface area contributed by atoms with Crippen molar-refractivity contribution in [3.8, 4) is 0 Å². The van der Waals surface area contributed by atoms with Crippen LogP contribution in [-0.4, -0.2) is 47.4 Å². The first-order valence-corrected chi connectivity index (χ1v) is 13.1. The summed E-state index contributed by atoms with van der Waals surface area (Å²) in [5.74, 6) is -0.839. The van der Waals surface area contributed by atoms with Crippen molar-refractivity contribution in [3.63, 3.8) is 0 Å². The molecule has 3 amide bonds. The van der Waals surface area contributed by atoms with Crippen molar-refractivity contribution in [1.82, 2.24) is 15.5 Å². The maximum Gasteiger partial charge on any atom is 0.258 e. The number of para-hydroxylation sites is 3. The van der Waals surface area contributed by atoms with E-state index in [0.717, 1.165) is 42.3 Å². The number of benzene rings is 2. The molecule has 0 aliphatic carbocycles. The Morgan fingerprint density at radius 1 is 1.03 bits per heavy atom. The van der Waals surface area contributed by atoms with E-state index in [4.69, 9.17) is 10.0 Å². The zero-order chi connectivity index (χ0) is 26.9. The molecular formula is C28H35N5O5. The molecule has 0 unspecified atom stereocenters. The van der Waals surface area contributed by atoms with Crippen molar-refractivity contribution in [2.75, 3.05) is 24.3 Å². The number of nitrogens with one attached hydrogen (secondary N) is 4. The van der Waals surface area contributed by atoms with Gasteiger partial charge in [0.05, 0.1) is 34.2 Å². The summed E-state index contributed by atoms with van der Waals surface area (Å²) in [4.78, 5) is 43.8. The lowest BCUT2D eigenvalue weighted by Crippen LogP contribution is -2.41. The summed E-state index contributed by atoms with van der Waals surface area (Å²) >= 11 is 0. The third-order valence-electron chi connectivity index (χ3n) is 6.84. The maximum absolute atomic E-state index is 13.7. The number of anilines is 2. The van der Waals surface area contributed by atoms with Gasteiger partial charge in [-0.3, -0.25) is 19.6 Å². The van der Waals surface area contributed by atoms with Crippen LogP contribution in [0.1, 0.15) is 61.0 Å². The van der Waals surface area contributed by atoms with Gasteiger partial charge in [0.15, 0.2) is 0 Å². The van der Waals surface area contributed by atoms with E-state index in [-0.39, 0.29) is 18.2 Å². The van der Waals surface area contributed by atoms with Crippen LogP contribution in [0.5, 0.6) is 0 Å². The molecule has 1 aliphatic heterocycles. The number of unbranched alkanes of at least 4 members (excludes halogenated alkanes) is 2. The molecule has 2 heterocycles.